The highest BCUT2D eigenvalue weighted by atomic mass is 16.5. The summed E-state index contributed by atoms with van der Waals surface area (Å²) in [5.41, 5.74) is 3.14. The summed E-state index contributed by atoms with van der Waals surface area (Å²) in [7, 11) is 0. The van der Waals surface area contributed by atoms with E-state index in [1.54, 1.807) is 0 Å². The van der Waals surface area contributed by atoms with E-state index in [-0.39, 0.29) is 10.6 Å². The molecule has 1 N–H and O–H groups in total. The minimum atomic E-state index is -0.113. The molecule has 0 atom stereocenters. The van der Waals surface area contributed by atoms with Gasteiger partial charge in [0, 0.05) is 12.1 Å². The highest BCUT2D eigenvalue weighted by Gasteiger charge is 2.22. The highest BCUT2D eigenvalue weighted by Crippen LogP contribution is 2.27. The van der Waals surface area contributed by atoms with Crippen molar-refractivity contribution in [3.05, 3.63) is 34.5 Å². The summed E-state index contributed by atoms with van der Waals surface area (Å²) in [5.74, 6) is 0.0532. The number of anilines is 1. The van der Waals surface area contributed by atoms with Crippen LogP contribution in [0.4, 0.5) is 5.69 Å². The molecule has 1 aromatic carbocycles. The third kappa shape index (κ3) is 3.38. The monoisotopic (exact) mass is 276 g/mol. The largest absolute Gasteiger partial charge is 0.633 e. The fourth-order valence-corrected chi connectivity index (χ4v) is 3.02. The fraction of sp³-hybridized carbons (Fsp3) is 0.562. The first kappa shape index (κ1) is 15.0. The molecular formula is C16H24N2O2. The van der Waals surface area contributed by atoms with Crippen LogP contribution in [0.5, 0.6) is 0 Å². The number of quaternary nitrogens is 1. The molecule has 0 aliphatic carbocycles. The van der Waals surface area contributed by atoms with Gasteiger partial charge in [-0.1, -0.05) is 26.0 Å². The molecule has 0 aromatic heterocycles. The Morgan fingerprint density at radius 1 is 1.20 bits per heavy atom. The number of nitrogens with one attached hydrogen (secondary N) is 1. The maximum atomic E-state index is 12.7. The molecule has 4 nitrogen and oxygen atoms in total. The molecule has 1 aliphatic heterocycles. The molecular weight excluding hydrogens is 252 g/mol. The van der Waals surface area contributed by atoms with Crippen molar-refractivity contribution in [2.24, 2.45) is 0 Å². The van der Waals surface area contributed by atoms with Gasteiger partial charge < -0.3 is 15.2 Å². The lowest BCUT2D eigenvalue weighted by Gasteiger charge is -2.43. The summed E-state index contributed by atoms with van der Waals surface area (Å²) in [4.78, 5) is 11.5. The Kier molecular flexibility index (Phi) is 4.78. The SMILES string of the molecule is CCC[N+]([O-])(CCC)CCc1cccc2c1CC(=O)N2. The molecule has 0 saturated carbocycles. The Morgan fingerprint density at radius 3 is 2.55 bits per heavy atom. The number of hydrogen-bond acceptors (Lipinski definition) is 2. The van der Waals surface area contributed by atoms with E-state index < -0.39 is 0 Å². The van der Waals surface area contributed by atoms with Crippen molar-refractivity contribution < 1.29 is 9.44 Å². The maximum Gasteiger partial charge on any atom is 0.228 e. The minimum Gasteiger partial charge on any atom is -0.633 e. The van der Waals surface area contributed by atoms with Crippen molar-refractivity contribution in [1.29, 1.82) is 0 Å². The molecule has 1 amide bonds. The first-order valence-corrected chi connectivity index (χ1v) is 7.55. The van der Waals surface area contributed by atoms with Gasteiger partial charge in [-0.25, -0.2) is 0 Å². The van der Waals surface area contributed by atoms with Crippen LogP contribution in [0.25, 0.3) is 0 Å². The van der Waals surface area contributed by atoms with Gasteiger partial charge in [0.1, 0.15) is 0 Å². The number of carbonyl (C=O) groups is 1. The van der Waals surface area contributed by atoms with E-state index in [1.807, 2.05) is 18.2 Å². The van der Waals surface area contributed by atoms with E-state index in [0.29, 0.717) is 26.1 Å². The van der Waals surface area contributed by atoms with Gasteiger partial charge in [-0.15, -0.1) is 0 Å². The molecule has 110 valence electrons. The van der Waals surface area contributed by atoms with Gasteiger partial charge in [0.25, 0.3) is 0 Å². The van der Waals surface area contributed by atoms with E-state index >= 15 is 0 Å². The first-order valence-electron chi connectivity index (χ1n) is 7.55. The normalized spacial score (nSPS) is 14.2. The predicted octanol–water partition coefficient (Wildman–Crippen LogP) is 2.86. The quantitative estimate of drug-likeness (QED) is 0.615. The van der Waals surface area contributed by atoms with Crippen molar-refractivity contribution in [3.63, 3.8) is 0 Å². The van der Waals surface area contributed by atoms with Crippen LogP contribution in [-0.2, 0) is 17.6 Å². The number of carbonyl (C=O) groups excluding carboxylic acids is 1. The van der Waals surface area contributed by atoms with Crippen molar-refractivity contribution in [1.82, 2.24) is 0 Å². The maximum absolute atomic E-state index is 12.7. The first-order chi connectivity index (χ1) is 9.58. The van der Waals surface area contributed by atoms with Crippen LogP contribution in [0.2, 0.25) is 0 Å². The van der Waals surface area contributed by atoms with E-state index in [4.69, 9.17) is 0 Å². The Hall–Kier alpha value is -1.39. The van der Waals surface area contributed by atoms with Crippen LogP contribution in [0.1, 0.15) is 37.8 Å². The summed E-state index contributed by atoms with van der Waals surface area (Å²) in [6.45, 7) is 6.08. The van der Waals surface area contributed by atoms with Crippen molar-refractivity contribution in [3.8, 4) is 0 Å². The number of benzene rings is 1. The summed E-state index contributed by atoms with van der Waals surface area (Å²) < 4.78 is -0.113. The second-order valence-electron chi connectivity index (χ2n) is 5.65. The summed E-state index contributed by atoms with van der Waals surface area (Å²) in [6, 6.07) is 5.93. The van der Waals surface area contributed by atoms with Crippen LogP contribution in [0.15, 0.2) is 18.2 Å². The zero-order valence-electron chi connectivity index (χ0n) is 12.4. The second-order valence-corrected chi connectivity index (χ2v) is 5.65. The van der Waals surface area contributed by atoms with Gasteiger partial charge in [0.15, 0.2) is 0 Å². The van der Waals surface area contributed by atoms with E-state index in [2.05, 4.69) is 19.2 Å². The van der Waals surface area contributed by atoms with Gasteiger partial charge in [0.2, 0.25) is 5.91 Å². The number of amides is 1. The fourth-order valence-electron chi connectivity index (χ4n) is 3.02. The highest BCUT2D eigenvalue weighted by molar-refractivity contribution is 5.99. The molecule has 1 heterocycles. The predicted molar refractivity (Wildman–Crippen MR) is 81.3 cm³/mol. The molecule has 0 fully saturated rings. The molecule has 1 aromatic rings. The number of hydrogen-bond donors (Lipinski definition) is 1. The van der Waals surface area contributed by atoms with Gasteiger partial charge in [0.05, 0.1) is 26.1 Å². The average Bonchev–Trinajstić information content (AvgIpc) is 2.77. The van der Waals surface area contributed by atoms with Crippen LogP contribution in [0.3, 0.4) is 0 Å². The zero-order chi connectivity index (χ0) is 14.6. The average molecular weight is 276 g/mol. The molecule has 4 heteroatoms. The molecule has 0 saturated heterocycles. The summed E-state index contributed by atoms with van der Waals surface area (Å²) >= 11 is 0. The van der Waals surface area contributed by atoms with E-state index in [1.165, 1.54) is 0 Å². The molecule has 0 bridgehead atoms. The summed E-state index contributed by atoms with van der Waals surface area (Å²) in [5, 5.41) is 15.6. The third-order valence-corrected chi connectivity index (χ3v) is 3.94. The molecule has 20 heavy (non-hydrogen) atoms. The Bertz CT molecular complexity index is 479. The van der Waals surface area contributed by atoms with Gasteiger partial charge in [-0.2, -0.15) is 0 Å². The summed E-state index contributed by atoms with van der Waals surface area (Å²) in [6.07, 6.45) is 3.03. The standard InChI is InChI=1S/C16H24N2O2/c1-3-9-18(20,10-4-2)11-8-13-6-5-7-15-14(13)12-16(19)17-15/h5-7H,3-4,8-12H2,1-2H3,(H,17,19). The topological polar surface area (TPSA) is 52.2 Å². The number of hydroxylamine groups is 3. The van der Waals surface area contributed by atoms with E-state index in [0.717, 1.165) is 36.1 Å². The third-order valence-electron chi connectivity index (χ3n) is 3.94. The Morgan fingerprint density at radius 2 is 1.90 bits per heavy atom. The molecule has 1 aliphatic rings. The van der Waals surface area contributed by atoms with Crippen molar-refractivity contribution >= 4 is 11.6 Å². The number of rotatable bonds is 7. The Labute approximate surface area is 121 Å². The second kappa shape index (κ2) is 6.37. The van der Waals surface area contributed by atoms with Crippen molar-refractivity contribution in [2.45, 2.75) is 39.5 Å². The van der Waals surface area contributed by atoms with Crippen LogP contribution in [-0.4, -0.2) is 30.2 Å². The van der Waals surface area contributed by atoms with E-state index in [9.17, 15) is 10.0 Å². The van der Waals surface area contributed by atoms with Crippen molar-refractivity contribution in [2.75, 3.05) is 25.0 Å². The molecule has 2 rings (SSSR count). The van der Waals surface area contributed by atoms with Gasteiger partial charge >= 0.3 is 0 Å². The van der Waals surface area contributed by atoms with Gasteiger partial charge in [-0.3, -0.25) is 4.79 Å². The number of nitrogens with zero attached hydrogens (tertiary/aromatic N) is 1. The Balaban J connectivity index is 2.07. The number of fused-ring (bicyclic) bond motifs is 1. The molecule has 0 unspecified atom stereocenters. The van der Waals surface area contributed by atoms with Crippen LogP contribution in [0, 0.1) is 5.21 Å². The lowest BCUT2D eigenvalue weighted by atomic mass is 10.0. The molecule has 0 radical (unpaired) electrons. The zero-order valence-corrected chi connectivity index (χ0v) is 12.4. The lowest BCUT2D eigenvalue weighted by molar-refractivity contribution is -0.880. The lowest BCUT2D eigenvalue weighted by Crippen LogP contribution is -2.44. The smallest absolute Gasteiger partial charge is 0.228 e. The minimum absolute atomic E-state index is 0.0532. The molecule has 0 spiro atoms. The van der Waals surface area contributed by atoms with Crippen LogP contribution < -0.4 is 5.32 Å². The van der Waals surface area contributed by atoms with Crippen LogP contribution >= 0.6 is 0 Å². The van der Waals surface area contributed by atoms with Gasteiger partial charge in [-0.05, 0) is 30.0 Å².